The van der Waals surface area contributed by atoms with Gasteiger partial charge in [-0.2, -0.15) is 5.10 Å². The normalized spacial score (nSPS) is 13.0. The maximum absolute atomic E-state index is 12.6. The second-order valence-corrected chi connectivity index (χ2v) is 3.66. The van der Waals surface area contributed by atoms with Crippen LogP contribution in [0.1, 0.15) is 12.5 Å². The Hall–Kier alpha value is -1.36. The van der Waals surface area contributed by atoms with E-state index in [9.17, 15) is 4.39 Å². The lowest BCUT2D eigenvalue weighted by Crippen LogP contribution is -2.05. The first kappa shape index (κ1) is 11.7. The highest BCUT2D eigenvalue weighted by molar-refractivity contribution is 8.13. The van der Waals surface area contributed by atoms with Crippen molar-refractivity contribution in [3.8, 4) is 0 Å². The smallest absolute Gasteiger partial charge is 0.180 e. The van der Waals surface area contributed by atoms with E-state index in [1.807, 2.05) is 6.26 Å². The van der Waals surface area contributed by atoms with E-state index in [0.29, 0.717) is 10.9 Å². The lowest BCUT2D eigenvalue weighted by atomic mass is 10.1. The molecule has 3 nitrogen and oxygen atoms in total. The van der Waals surface area contributed by atoms with Crippen LogP contribution in [0.15, 0.2) is 34.5 Å². The van der Waals surface area contributed by atoms with Crippen LogP contribution in [0, 0.1) is 5.82 Å². The third kappa shape index (κ3) is 3.71. The topological polar surface area (TPSA) is 50.7 Å². The zero-order valence-corrected chi connectivity index (χ0v) is 9.38. The number of rotatable bonds is 2. The predicted molar refractivity (Wildman–Crippen MR) is 63.7 cm³/mol. The lowest BCUT2D eigenvalue weighted by Gasteiger charge is -1.98. The van der Waals surface area contributed by atoms with Crippen molar-refractivity contribution >= 4 is 22.6 Å². The fraction of sp³-hybridized carbons (Fsp3) is 0.200. The van der Waals surface area contributed by atoms with E-state index in [4.69, 9.17) is 5.73 Å². The molecule has 0 unspecified atom stereocenters. The van der Waals surface area contributed by atoms with Crippen molar-refractivity contribution in [1.82, 2.24) is 0 Å². The van der Waals surface area contributed by atoms with E-state index in [2.05, 4.69) is 10.2 Å². The summed E-state index contributed by atoms with van der Waals surface area (Å²) < 4.78 is 12.6. The van der Waals surface area contributed by atoms with Crippen LogP contribution in [0.3, 0.4) is 0 Å². The third-order valence-corrected chi connectivity index (χ3v) is 2.27. The van der Waals surface area contributed by atoms with E-state index in [1.54, 1.807) is 19.1 Å². The lowest BCUT2D eigenvalue weighted by molar-refractivity contribution is 0.628. The zero-order valence-electron chi connectivity index (χ0n) is 8.57. The van der Waals surface area contributed by atoms with Crippen LogP contribution in [0.4, 0.5) is 4.39 Å². The molecule has 2 N–H and O–H groups in total. The predicted octanol–water partition coefficient (Wildman–Crippen LogP) is 2.23. The van der Waals surface area contributed by atoms with Crippen molar-refractivity contribution in [1.29, 1.82) is 0 Å². The summed E-state index contributed by atoms with van der Waals surface area (Å²) in [7, 11) is 0. The highest BCUT2D eigenvalue weighted by Crippen LogP contribution is 2.04. The van der Waals surface area contributed by atoms with Gasteiger partial charge in [0, 0.05) is 0 Å². The Morgan fingerprint density at radius 1 is 1.27 bits per heavy atom. The summed E-state index contributed by atoms with van der Waals surface area (Å²) in [5.74, 6) is -0.265. The van der Waals surface area contributed by atoms with Crippen molar-refractivity contribution in [2.24, 2.45) is 15.9 Å². The Labute approximate surface area is 92.3 Å². The summed E-state index contributed by atoms with van der Waals surface area (Å²) in [6.07, 6.45) is 1.82. The number of benzene rings is 1. The second-order valence-electron chi connectivity index (χ2n) is 2.83. The Balaban J connectivity index is 2.85. The maximum atomic E-state index is 12.6. The molecule has 0 fully saturated rings. The summed E-state index contributed by atoms with van der Waals surface area (Å²) in [6, 6.07) is 6.07. The van der Waals surface area contributed by atoms with E-state index in [1.165, 1.54) is 23.9 Å². The molecule has 5 heteroatoms. The minimum Gasteiger partial charge on any atom is -0.377 e. The molecule has 80 valence electrons. The molecule has 0 radical (unpaired) electrons. The minimum absolute atomic E-state index is 0.265. The van der Waals surface area contributed by atoms with E-state index < -0.39 is 0 Å². The molecule has 0 aliphatic rings. The van der Waals surface area contributed by atoms with E-state index in [0.717, 1.165) is 5.56 Å². The van der Waals surface area contributed by atoms with Crippen molar-refractivity contribution in [3.05, 3.63) is 35.6 Å². The average Bonchev–Trinajstić information content (AvgIpc) is 2.26. The van der Waals surface area contributed by atoms with Gasteiger partial charge in [-0.1, -0.05) is 23.9 Å². The van der Waals surface area contributed by atoms with Gasteiger partial charge in [0.1, 0.15) is 5.82 Å². The molecule has 1 aromatic carbocycles. The van der Waals surface area contributed by atoms with E-state index in [-0.39, 0.29) is 5.82 Å². The number of nitrogens with zero attached hydrogens (tertiary/aromatic N) is 2. The van der Waals surface area contributed by atoms with Gasteiger partial charge in [0.25, 0.3) is 0 Å². The maximum Gasteiger partial charge on any atom is 0.180 e. The highest BCUT2D eigenvalue weighted by Gasteiger charge is 1.97. The SMILES string of the molecule is CS/C(N)=N\N=C(C)c1ccc(F)cc1. The molecule has 0 aliphatic carbocycles. The van der Waals surface area contributed by atoms with Crippen LogP contribution in [0.2, 0.25) is 0 Å². The van der Waals surface area contributed by atoms with Crippen LogP contribution in [0.25, 0.3) is 0 Å². The summed E-state index contributed by atoms with van der Waals surface area (Å²) >= 11 is 1.33. The molecular formula is C10H12FN3S. The van der Waals surface area contributed by atoms with Gasteiger partial charge in [-0.05, 0) is 30.9 Å². The molecule has 0 spiro atoms. The Morgan fingerprint density at radius 3 is 2.40 bits per heavy atom. The highest BCUT2D eigenvalue weighted by atomic mass is 32.2. The fourth-order valence-corrected chi connectivity index (χ4v) is 1.04. The number of halogens is 1. The summed E-state index contributed by atoms with van der Waals surface area (Å²) in [6.45, 7) is 1.80. The Bertz CT molecular complexity index is 384. The second kappa shape index (κ2) is 5.50. The molecule has 0 atom stereocenters. The molecule has 0 bridgehead atoms. The van der Waals surface area contributed by atoms with Crippen molar-refractivity contribution in [2.75, 3.05) is 6.26 Å². The zero-order chi connectivity index (χ0) is 11.3. The molecule has 0 heterocycles. The van der Waals surface area contributed by atoms with Crippen molar-refractivity contribution in [3.63, 3.8) is 0 Å². The molecule has 0 saturated heterocycles. The van der Waals surface area contributed by atoms with Crippen LogP contribution in [-0.2, 0) is 0 Å². The van der Waals surface area contributed by atoms with Crippen LogP contribution >= 0.6 is 11.8 Å². The molecule has 0 aromatic heterocycles. The van der Waals surface area contributed by atoms with Crippen molar-refractivity contribution in [2.45, 2.75) is 6.92 Å². The molecule has 1 rings (SSSR count). The molecular weight excluding hydrogens is 213 g/mol. The van der Waals surface area contributed by atoms with Crippen molar-refractivity contribution < 1.29 is 4.39 Å². The Kier molecular flexibility index (Phi) is 4.30. The minimum atomic E-state index is -0.265. The monoisotopic (exact) mass is 225 g/mol. The molecule has 1 aromatic rings. The van der Waals surface area contributed by atoms with Crippen LogP contribution < -0.4 is 5.73 Å². The summed E-state index contributed by atoms with van der Waals surface area (Å²) in [5.41, 5.74) is 7.00. The Morgan fingerprint density at radius 2 is 1.87 bits per heavy atom. The quantitative estimate of drug-likeness (QED) is 0.476. The molecule has 0 saturated carbocycles. The summed E-state index contributed by atoms with van der Waals surface area (Å²) in [4.78, 5) is 0. The summed E-state index contributed by atoms with van der Waals surface area (Å²) in [5, 5.41) is 8.12. The van der Waals surface area contributed by atoms with Gasteiger partial charge in [-0.3, -0.25) is 0 Å². The third-order valence-electron chi connectivity index (χ3n) is 1.77. The van der Waals surface area contributed by atoms with Gasteiger partial charge in [-0.15, -0.1) is 5.10 Å². The van der Waals surface area contributed by atoms with Gasteiger partial charge >= 0.3 is 0 Å². The first-order valence-corrected chi connectivity index (χ1v) is 5.53. The number of thioether (sulfide) groups is 1. The first-order valence-electron chi connectivity index (χ1n) is 4.31. The standard InChI is InChI=1S/C10H12FN3S/c1-7(13-14-10(12)15-2)8-3-5-9(11)6-4-8/h3-6H,1-2H3,(H2,12,14). The number of hydrogen-bond donors (Lipinski definition) is 1. The average molecular weight is 225 g/mol. The van der Waals surface area contributed by atoms with Crippen LogP contribution in [0.5, 0.6) is 0 Å². The molecule has 15 heavy (non-hydrogen) atoms. The van der Waals surface area contributed by atoms with Gasteiger partial charge in [0.05, 0.1) is 5.71 Å². The van der Waals surface area contributed by atoms with Gasteiger partial charge in [0.2, 0.25) is 0 Å². The van der Waals surface area contributed by atoms with Gasteiger partial charge in [-0.25, -0.2) is 4.39 Å². The van der Waals surface area contributed by atoms with Crippen LogP contribution in [-0.4, -0.2) is 17.1 Å². The van der Waals surface area contributed by atoms with Gasteiger partial charge in [0.15, 0.2) is 5.17 Å². The first-order chi connectivity index (χ1) is 7.13. The molecule has 0 amide bonds. The van der Waals surface area contributed by atoms with Gasteiger partial charge < -0.3 is 5.73 Å². The largest absolute Gasteiger partial charge is 0.377 e. The molecule has 0 aliphatic heterocycles. The number of amidine groups is 1. The number of nitrogens with two attached hydrogens (primary N) is 1. The number of hydrogen-bond acceptors (Lipinski definition) is 3. The fourth-order valence-electron chi connectivity index (χ4n) is 0.914. The van der Waals surface area contributed by atoms with E-state index >= 15 is 0 Å².